The zero-order valence-electron chi connectivity index (χ0n) is 15.8. The fraction of sp³-hybridized carbons (Fsp3) is 0.526. The number of nitrogens with one attached hydrogen (secondary N) is 1. The van der Waals surface area contributed by atoms with E-state index in [9.17, 15) is 4.79 Å². The van der Waals surface area contributed by atoms with Crippen LogP contribution in [0.1, 0.15) is 37.7 Å². The molecule has 1 aliphatic rings. The third kappa shape index (κ3) is 6.10. The van der Waals surface area contributed by atoms with E-state index in [0.29, 0.717) is 18.3 Å². The number of rotatable bonds is 8. The summed E-state index contributed by atoms with van der Waals surface area (Å²) >= 11 is 2.98. The second kappa shape index (κ2) is 9.94. The van der Waals surface area contributed by atoms with Gasteiger partial charge in [0, 0.05) is 19.6 Å². The molecule has 2 aromatic rings. The van der Waals surface area contributed by atoms with Gasteiger partial charge in [0.05, 0.1) is 12.9 Å². The maximum atomic E-state index is 12.4. The minimum absolute atomic E-state index is 0.0693. The molecule has 1 aromatic heterocycles. The summed E-state index contributed by atoms with van der Waals surface area (Å²) in [5, 5.41) is 12.8. The first-order valence-corrected chi connectivity index (χ1v) is 11.0. The van der Waals surface area contributed by atoms with Crippen LogP contribution >= 0.6 is 23.1 Å². The highest BCUT2D eigenvalue weighted by Crippen LogP contribution is 2.28. The van der Waals surface area contributed by atoms with Gasteiger partial charge in [0.15, 0.2) is 4.34 Å². The van der Waals surface area contributed by atoms with Gasteiger partial charge in [0.2, 0.25) is 11.0 Å². The number of carbonyl (C=O) groups is 1. The van der Waals surface area contributed by atoms with Gasteiger partial charge in [-0.25, -0.2) is 0 Å². The second-order valence-electron chi connectivity index (χ2n) is 6.74. The number of methoxy groups -OCH3 is 1. The number of benzene rings is 1. The largest absolute Gasteiger partial charge is 0.497 e. The summed E-state index contributed by atoms with van der Waals surface area (Å²) in [6, 6.07) is 8.29. The summed E-state index contributed by atoms with van der Waals surface area (Å²) in [4.78, 5) is 14.1. The van der Waals surface area contributed by atoms with Crippen molar-refractivity contribution >= 4 is 34.1 Å². The maximum Gasteiger partial charge on any atom is 0.233 e. The fourth-order valence-electron chi connectivity index (χ4n) is 3.11. The van der Waals surface area contributed by atoms with E-state index >= 15 is 0 Å². The molecule has 0 aliphatic heterocycles. The summed E-state index contributed by atoms with van der Waals surface area (Å²) in [6.07, 6.45) is 6.31. The normalized spacial score (nSPS) is 14.7. The third-order valence-electron chi connectivity index (χ3n) is 4.64. The van der Waals surface area contributed by atoms with E-state index in [4.69, 9.17) is 4.74 Å². The molecule has 0 spiro atoms. The highest BCUT2D eigenvalue weighted by molar-refractivity contribution is 8.01. The number of thioether (sulfide) groups is 1. The smallest absolute Gasteiger partial charge is 0.233 e. The molecule has 146 valence electrons. The topological polar surface area (TPSA) is 67.3 Å². The van der Waals surface area contributed by atoms with Crippen LogP contribution in [0.15, 0.2) is 28.6 Å². The average molecular weight is 407 g/mol. The quantitative estimate of drug-likeness (QED) is 0.667. The molecular weight excluding hydrogens is 380 g/mol. The first kappa shape index (κ1) is 19.9. The van der Waals surface area contributed by atoms with Gasteiger partial charge in [-0.15, -0.1) is 10.2 Å². The summed E-state index contributed by atoms with van der Waals surface area (Å²) in [7, 11) is 3.46. The van der Waals surface area contributed by atoms with E-state index in [1.807, 2.05) is 31.3 Å². The van der Waals surface area contributed by atoms with Crippen LogP contribution in [-0.4, -0.2) is 47.0 Å². The summed E-state index contributed by atoms with van der Waals surface area (Å²) in [5.41, 5.74) is 1.05. The summed E-state index contributed by atoms with van der Waals surface area (Å²) < 4.78 is 6.06. The van der Waals surface area contributed by atoms with E-state index in [2.05, 4.69) is 15.5 Å². The second-order valence-corrected chi connectivity index (χ2v) is 8.94. The van der Waals surface area contributed by atoms with Crippen LogP contribution in [0, 0.1) is 0 Å². The van der Waals surface area contributed by atoms with Gasteiger partial charge in [0.25, 0.3) is 0 Å². The van der Waals surface area contributed by atoms with Crippen molar-refractivity contribution in [1.29, 1.82) is 0 Å². The Balaban J connectivity index is 1.45. The monoisotopic (exact) mass is 406 g/mol. The Kier molecular flexibility index (Phi) is 7.34. The number of carbonyl (C=O) groups excluding carboxylic acids is 1. The van der Waals surface area contributed by atoms with E-state index in [-0.39, 0.29) is 5.91 Å². The van der Waals surface area contributed by atoms with E-state index in [0.717, 1.165) is 20.8 Å². The van der Waals surface area contributed by atoms with Gasteiger partial charge in [0.1, 0.15) is 5.75 Å². The van der Waals surface area contributed by atoms with E-state index in [1.54, 1.807) is 12.0 Å². The summed E-state index contributed by atoms with van der Waals surface area (Å²) in [5.74, 6) is 1.23. The van der Waals surface area contributed by atoms with Gasteiger partial charge in [-0.1, -0.05) is 54.5 Å². The van der Waals surface area contributed by atoms with E-state index in [1.165, 1.54) is 55.2 Å². The third-order valence-corrected chi connectivity index (χ3v) is 6.61. The standard InChI is InChI=1S/C19H26N4O2S2/c1-23(12-14-7-6-10-16(11-14)25-2)17(24)13-26-19-22-21-18(27-19)20-15-8-4-3-5-9-15/h6-7,10-11,15H,3-5,8-9,12-13H2,1-2H3,(H,20,21). The Bertz CT molecular complexity index is 747. The minimum atomic E-state index is 0.0693. The molecule has 1 amide bonds. The van der Waals surface area contributed by atoms with Crippen LogP contribution in [0.3, 0.4) is 0 Å². The van der Waals surface area contributed by atoms with Crippen LogP contribution in [0.2, 0.25) is 0 Å². The number of aromatic nitrogens is 2. The van der Waals surface area contributed by atoms with Crippen LogP contribution in [-0.2, 0) is 11.3 Å². The van der Waals surface area contributed by atoms with Crippen molar-refractivity contribution in [3.8, 4) is 5.75 Å². The molecule has 0 saturated heterocycles. The predicted octanol–water partition coefficient (Wildman–Crippen LogP) is 4.04. The Labute approximate surface area is 168 Å². The summed E-state index contributed by atoms with van der Waals surface area (Å²) in [6.45, 7) is 0.557. The van der Waals surface area contributed by atoms with Crippen LogP contribution in [0.4, 0.5) is 5.13 Å². The molecule has 8 heteroatoms. The van der Waals surface area contributed by atoms with Crippen molar-refractivity contribution < 1.29 is 9.53 Å². The molecule has 1 N–H and O–H groups in total. The molecule has 6 nitrogen and oxygen atoms in total. The van der Waals surface area contributed by atoms with Crippen molar-refractivity contribution in [1.82, 2.24) is 15.1 Å². The van der Waals surface area contributed by atoms with Crippen molar-refractivity contribution in [2.45, 2.75) is 49.0 Å². The molecule has 0 unspecified atom stereocenters. The number of anilines is 1. The lowest BCUT2D eigenvalue weighted by Gasteiger charge is -2.21. The fourth-order valence-corrected chi connectivity index (χ4v) is 4.88. The number of amides is 1. The first-order valence-electron chi connectivity index (χ1n) is 9.24. The number of hydrogen-bond donors (Lipinski definition) is 1. The van der Waals surface area contributed by atoms with E-state index < -0.39 is 0 Å². The Morgan fingerprint density at radius 3 is 2.93 bits per heavy atom. The molecule has 0 radical (unpaired) electrons. The molecule has 3 rings (SSSR count). The predicted molar refractivity (Wildman–Crippen MR) is 111 cm³/mol. The zero-order chi connectivity index (χ0) is 19.1. The Hall–Kier alpha value is -1.80. The number of hydrogen-bond acceptors (Lipinski definition) is 7. The molecule has 1 fully saturated rings. The SMILES string of the molecule is COc1cccc(CN(C)C(=O)CSc2nnc(NC3CCCCC3)s2)c1. The molecule has 1 heterocycles. The lowest BCUT2D eigenvalue weighted by atomic mass is 9.96. The van der Waals surface area contributed by atoms with Gasteiger partial charge in [-0.3, -0.25) is 4.79 Å². The number of nitrogens with zero attached hydrogens (tertiary/aromatic N) is 3. The Morgan fingerprint density at radius 2 is 2.15 bits per heavy atom. The lowest BCUT2D eigenvalue weighted by molar-refractivity contribution is -0.127. The molecule has 1 aromatic carbocycles. The highest BCUT2D eigenvalue weighted by atomic mass is 32.2. The van der Waals surface area contributed by atoms with Crippen molar-refractivity contribution in [3.63, 3.8) is 0 Å². The Morgan fingerprint density at radius 1 is 1.33 bits per heavy atom. The molecule has 0 bridgehead atoms. The average Bonchev–Trinajstić information content (AvgIpc) is 3.14. The van der Waals surface area contributed by atoms with Crippen molar-refractivity contribution in [3.05, 3.63) is 29.8 Å². The van der Waals surface area contributed by atoms with Crippen LogP contribution in [0.25, 0.3) is 0 Å². The van der Waals surface area contributed by atoms with Crippen molar-refractivity contribution in [2.24, 2.45) is 0 Å². The van der Waals surface area contributed by atoms with Crippen LogP contribution < -0.4 is 10.1 Å². The highest BCUT2D eigenvalue weighted by Gasteiger charge is 2.16. The molecule has 1 aliphatic carbocycles. The molecule has 27 heavy (non-hydrogen) atoms. The molecule has 1 saturated carbocycles. The van der Waals surface area contributed by atoms with Gasteiger partial charge in [-0.2, -0.15) is 0 Å². The van der Waals surface area contributed by atoms with Crippen molar-refractivity contribution in [2.75, 3.05) is 25.2 Å². The number of ether oxygens (including phenoxy) is 1. The first-order chi connectivity index (χ1) is 13.1. The van der Waals surface area contributed by atoms with Gasteiger partial charge >= 0.3 is 0 Å². The molecule has 0 atom stereocenters. The zero-order valence-corrected chi connectivity index (χ0v) is 17.4. The molecular formula is C19H26N4O2S2. The van der Waals surface area contributed by atoms with Gasteiger partial charge < -0.3 is 15.0 Å². The lowest BCUT2D eigenvalue weighted by Crippen LogP contribution is -2.27. The van der Waals surface area contributed by atoms with Crippen LogP contribution in [0.5, 0.6) is 5.75 Å². The van der Waals surface area contributed by atoms with Gasteiger partial charge in [-0.05, 0) is 30.5 Å². The minimum Gasteiger partial charge on any atom is -0.497 e. The maximum absolute atomic E-state index is 12.4.